The summed E-state index contributed by atoms with van der Waals surface area (Å²) in [7, 11) is 0. The van der Waals surface area contributed by atoms with Gasteiger partial charge in [-0.25, -0.2) is 8.78 Å². The molecule has 0 aliphatic rings. The summed E-state index contributed by atoms with van der Waals surface area (Å²) in [5.74, 6) is -2.83. The van der Waals surface area contributed by atoms with Crippen molar-refractivity contribution in [2.24, 2.45) is 0 Å². The number of aliphatic carboxylic acids is 1. The third-order valence-corrected chi connectivity index (χ3v) is 2.87. The van der Waals surface area contributed by atoms with Gasteiger partial charge in [0.25, 0.3) is 5.91 Å². The quantitative estimate of drug-likeness (QED) is 0.772. The molecule has 98 valence electrons. The summed E-state index contributed by atoms with van der Waals surface area (Å²) in [6, 6.07) is 2.62. The van der Waals surface area contributed by atoms with Crippen molar-refractivity contribution >= 4 is 23.6 Å². The molecule has 0 spiro atoms. The van der Waals surface area contributed by atoms with Crippen LogP contribution in [0.3, 0.4) is 0 Å². The molecule has 1 amide bonds. The lowest BCUT2D eigenvalue weighted by molar-refractivity contribution is -0.133. The molecule has 1 aromatic carbocycles. The summed E-state index contributed by atoms with van der Waals surface area (Å²) in [4.78, 5) is 21.7. The molecule has 0 radical (unpaired) electrons. The van der Waals surface area contributed by atoms with Gasteiger partial charge in [-0.05, 0) is 18.2 Å². The van der Waals surface area contributed by atoms with Crippen LogP contribution in [0, 0.1) is 11.6 Å². The highest BCUT2D eigenvalue weighted by Crippen LogP contribution is 2.09. The molecule has 0 bridgehead atoms. The van der Waals surface area contributed by atoms with Crippen LogP contribution in [0.4, 0.5) is 8.78 Å². The fourth-order valence-corrected chi connectivity index (χ4v) is 1.73. The maximum absolute atomic E-state index is 13.2. The highest BCUT2D eigenvalue weighted by atomic mass is 32.2. The van der Waals surface area contributed by atoms with E-state index in [-0.39, 0.29) is 17.9 Å². The summed E-state index contributed by atoms with van der Waals surface area (Å²) < 4.78 is 26.0. The van der Waals surface area contributed by atoms with Gasteiger partial charge in [0.05, 0.1) is 11.3 Å². The van der Waals surface area contributed by atoms with Gasteiger partial charge < -0.3 is 10.4 Å². The standard InChI is InChI=1S/C11H11F2NO3S/c12-7-1-2-9(13)8(5-7)11(17)14-3-4-18-6-10(15)16/h1-2,5H,3-4,6H2,(H,14,17)(H,15,16). The zero-order valence-electron chi connectivity index (χ0n) is 9.28. The van der Waals surface area contributed by atoms with E-state index in [1.807, 2.05) is 0 Å². The van der Waals surface area contributed by atoms with Crippen molar-refractivity contribution in [3.05, 3.63) is 35.4 Å². The van der Waals surface area contributed by atoms with Crippen LogP contribution in [0.2, 0.25) is 0 Å². The third-order valence-electron chi connectivity index (χ3n) is 1.93. The Hall–Kier alpha value is -1.63. The number of amides is 1. The molecular weight excluding hydrogens is 264 g/mol. The first-order valence-electron chi connectivity index (χ1n) is 5.03. The fraction of sp³-hybridized carbons (Fsp3) is 0.273. The van der Waals surface area contributed by atoms with Gasteiger partial charge in [0.1, 0.15) is 11.6 Å². The third kappa shape index (κ3) is 4.70. The Kier molecular flexibility index (Phi) is 5.57. The fourth-order valence-electron chi connectivity index (χ4n) is 1.16. The molecule has 2 N–H and O–H groups in total. The minimum atomic E-state index is -0.942. The average molecular weight is 275 g/mol. The van der Waals surface area contributed by atoms with Crippen molar-refractivity contribution in [1.29, 1.82) is 0 Å². The van der Waals surface area contributed by atoms with Crippen molar-refractivity contribution in [2.75, 3.05) is 18.1 Å². The van der Waals surface area contributed by atoms with Crippen LogP contribution in [0.25, 0.3) is 0 Å². The Morgan fingerprint density at radius 1 is 1.33 bits per heavy atom. The summed E-state index contributed by atoms with van der Waals surface area (Å²) >= 11 is 1.12. The van der Waals surface area contributed by atoms with Gasteiger partial charge in [0, 0.05) is 12.3 Å². The maximum atomic E-state index is 13.2. The molecule has 7 heteroatoms. The molecule has 0 atom stereocenters. The van der Waals surface area contributed by atoms with Crippen LogP contribution in [0.1, 0.15) is 10.4 Å². The van der Waals surface area contributed by atoms with Crippen molar-refractivity contribution in [3.63, 3.8) is 0 Å². The van der Waals surface area contributed by atoms with E-state index in [0.717, 1.165) is 30.0 Å². The Labute approximate surface area is 106 Å². The topological polar surface area (TPSA) is 66.4 Å². The predicted molar refractivity (Wildman–Crippen MR) is 63.7 cm³/mol. The summed E-state index contributed by atoms with van der Waals surface area (Å²) in [5, 5.41) is 10.7. The van der Waals surface area contributed by atoms with Crippen molar-refractivity contribution in [2.45, 2.75) is 0 Å². The van der Waals surface area contributed by atoms with Crippen molar-refractivity contribution < 1.29 is 23.5 Å². The molecule has 0 aliphatic heterocycles. The number of hydrogen-bond acceptors (Lipinski definition) is 3. The minimum absolute atomic E-state index is 0.0653. The van der Waals surface area contributed by atoms with E-state index >= 15 is 0 Å². The van der Waals surface area contributed by atoms with Gasteiger partial charge in [-0.2, -0.15) is 0 Å². The summed E-state index contributed by atoms with van der Waals surface area (Å²) in [5.41, 5.74) is -0.363. The van der Waals surface area contributed by atoms with E-state index in [1.165, 1.54) is 0 Å². The first-order chi connectivity index (χ1) is 8.50. The van der Waals surface area contributed by atoms with E-state index in [9.17, 15) is 18.4 Å². The highest BCUT2D eigenvalue weighted by Gasteiger charge is 2.12. The Bertz CT molecular complexity index is 454. The minimum Gasteiger partial charge on any atom is -0.481 e. The van der Waals surface area contributed by atoms with Crippen LogP contribution in [0.5, 0.6) is 0 Å². The zero-order chi connectivity index (χ0) is 13.5. The number of carboxylic acids is 1. The van der Waals surface area contributed by atoms with Crippen LogP contribution in [0.15, 0.2) is 18.2 Å². The van der Waals surface area contributed by atoms with Gasteiger partial charge in [-0.15, -0.1) is 11.8 Å². The second-order valence-electron chi connectivity index (χ2n) is 3.33. The number of nitrogens with one attached hydrogen (secondary N) is 1. The van der Waals surface area contributed by atoms with E-state index in [2.05, 4.69) is 5.32 Å². The second-order valence-corrected chi connectivity index (χ2v) is 4.43. The van der Waals surface area contributed by atoms with Crippen LogP contribution in [-0.4, -0.2) is 35.0 Å². The molecule has 0 heterocycles. The number of halogens is 2. The average Bonchev–Trinajstić information content (AvgIpc) is 2.31. The molecule has 18 heavy (non-hydrogen) atoms. The molecule has 0 aromatic heterocycles. The lowest BCUT2D eigenvalue weighted by Gasteiger charge is -2.05. The first-order valence-corrected chi connectivity index (χ1v) is 6.19. The molecule has 1 aromatic rings. The molecule has 0 fully saturated rings. The van der Waals surface area contributed by atoms with E-state index < -0.39 is 23.5 Å². The number of carbonyl (C=O) groups is 2. The Balaban J connectivity index is 2.41. The largest absolute Gasteiger partial charge is 0.481 e. The van der Waals surface area contributed by atoms with Crippen LogP contribution in [-0.2, 0) is 4.79 Å². The Morgan fingerprint density at radius 3 is 2.72 bits per heavy atom. The van der Waals surface area contributed by atoms with E-state index in [4.69, 9.17) is 5.11 Å². The lowest BCUT2D eigenvalue weighted by Crippen LogP contribution is -2.27. The monoisotopic (exact) mass is 275 g/mol. The first kappa shape index (κ1) is 14.4. The molecule has 0 aliphatic carbocycles. The lowest BCUT2D eigenvalue weighted by atomic mass is 10.2. The molecule has 0 unspecified atom stereocenters. The Morgan fingerprint density at radius 2 is 2.06 bits per heavy atom. The van der Waals surface area contributed by atoms with Gasteiger partial charge in [-0.3, -0.25) is 9.59 Å². The van der Waals surface area contributed by atoms with Crippen LogP contribution < -0.4 is 5.32 Å². The van der Waals surface area contributed by atoms with E-state index in [0.29, 0.717) is 5.75 Å². The van der Waals surface area contributed by atoms with Gasteiger partial charge >= 0.3 is 5.97 Å². The predicted octanol–water partition coefficient (Wildman–Crippen LogP) is 1.51. The SMILES string of the molecule is O=C(O)CSCCNC(=O)c1cc(F)ccc1F. The highest BCUT2D eigenvalue weighted by molar-refractivity contribution is 7.99. The molecule has 0 saturated heterocycles. The summed E-state index contributed by atoms with van der Waals surface area (Å²) in [6.45, 7) is 0.187. The second kappa shape index (κ2) is 6.95. The number of thioether (sulfide) groups is 1. The van der Waals surface area contributed by atoms with Gasteiger partial charge in [-0.1, -0.05) is 0 Å². The number of benzene rings is 1. The zero-order valence-corrected chi connectivity index (χ0v) is 10.1. The van der Waals surface area contributed by atoms with Gasteiger partial charge in [0.15, 0.2) is 0 Å². The normalized spacial score (nSPS) is 10.1. The molecule has 1 rings (SSSR count). The molecule has 4 nitrogen and oxygen atoms in total. The number of hydrogen-bond donors (Lipinski definition) is 2. The van der Waals surface area contributed by atoms with Crippen molar-refractivity contribution in [3.8, 4) is 0 Å². The van der Waals surface area contributed by atoms with Crippen molar-refractivity contribution in [1.82, 2.24) is 5.32 Å². The molecule has 0 saturated carbocycles. The van der Waals surface area contributed by atoms with Crippen LogP contribution >= 0.6 is 11.8 Å². The molecular formula is C11H11F2NO3S. The van der Waals surface area contributed by atoms with E-state index in [1.54, 1.807) is 0 Å². The number of rotatable bonds is 6. The number of carbonyl (C=O) groups excluding carboxylic acids is 1. The van der Waals surface area contributed by atoms with Gasteiger partial charge in [0.2, 0.25) is 0 Å². The summed E-state index contributed by atoms with van der Waals surface area (Å²) in [6.07, 6.45) is 0. The number of carboxylic acid groups (broad SMARTS) is 1. The smallest absolute Gasteiger partial charge is 0.313 e. The maximum Gasteiger partial charge on any atom is 0.313 e.